The van der Waals surface area contributed by atoms with E-state index in [0.29, 0.717) is 6.54 Å². The largest absolute Gasteiger partial charge is 0.375 e. The van der Waals surface area contributed by atoms with E-state index in [-0.39, 0.29) is 12.5 Å². The SMILES string of the molecule is COCC(=O)NCC=CB1C2CCCC1CCC2. The molecule has 18 heavy (non-hydrogen) atoms. The molecular weight excluding hydrogens is 225 g/mol. The lowest BCUT2D eigenvalue weighted by atomic mass is 9.27. The van der Waals surface area contributed by atoms with Crippen molar-refractivity contribution in [3.05, 3.63) is 12.1 Å². The van der Waals surface area contributed by atoms with Gasteiger partial charge in [-0.3, -0.25) is 4.79 Å². The van der Waals surface area contributed by atoms with Gasteiger partial charge in [0.1, 0.15) is 6.61 Å². The van der Waals surface area contributed by atoms with Crippen LogP contribution in [0.2, 0.25) is 11.6 Å². The van der Waals surface area contributed by atoms with Crippen LogP contribution in [0.15, 0.2) is 12.1 Å². The third-order valence-corrected chi connectivity index (χ3v) is 4.44. The maximum atomic E-state index is 11.2. The Kier molecular flexibility index (Phi) is 5.30. The Morgan fingerprint density at radius 2 is 1.89 bits per heavy atom. The summed E-state index contributed by atoms with van der Waals surface area (Å²) in [5, 5.41) is 2.84. The van der Waals surface area contributed by atoms with Crippen LogP contribution in [0.4, 0.5) is 0 Å². The molecule has 2 aliphatic rings. The highest BCUT2D eigenvalue weighted by molar-refractivity contribution is 6.67. The second kappa shape index (κ2) is 6.98. The fraction of sp³-hybridized carbons (Fsp3) is 0.786. The van der Waals surface area contributed by atoms with Crippen LogP contribution in [-0.4, -0.2) is 32.9 Å². The molecule has 2 rings (SSSR count). The molecule has 3 nitrogen and oxygen atoms in total. The highest BCUT2D eigenvalue weighted by atomic mass is 16.5. The van der Waals surface area contributed by atoms with Crippen LogP contribution >= 0.6 is 0 Å². The van der Waals surface area contributed by atoms with Gasteiger partial charge in [-0.2, -0.15) is 0 Å². The van der Waals surface area contributed by atoms with E-state index in [9.17, 15) is 4.79 Å². The number of methoxy groups -OCH3 is 1. The van der Waals surface area contributed by atoms with Gasteiger partial charge in [0.05, 0.1) is 0 Å². The average Bonchev–Trinajstić information content (AvgIpc) is 2.34. The van der Waals surface area contributed by atoms with Crippen molar-refractivity contribution in [2.45, 2.75) is 50.2 Å². The first-order valence-electron chi connectivity index (χ1n) is 7.23. The molecule has 2 saturated heterocycles. The molecule has 0 aromatic rings. The molecule has 0 aromatic carbocycles. The van der Waals surface area contributed by atoms with Crippen molar-refractivity contribution in [1.29, 1.82) is 0 Å². The van der Waals surface area contributed by atoms with Crippen molar-refractivity contribution in [1.82, 2.24) is 5.32 Å². The van der Waals surface area contributed by atoms with E-state index in [2.05, 4.69) is 17.4 Å². The van der Waals surface area contributed by atoms with Crippen LogP contribution in [0.1, 0.15) is 38.5 Å². The lowest BCUT2D eigenvalue weighted by molar-refractivity contribution is -0.124. The maximum Gasteiger partial charge on any atom is 0.246 e. The van der Waals surface area contributed by atoms with Gasteiger partial charge < -0.3 is 10.1 Å². The molecule has 2 bridgehead atoms. The molecule has 0 unspecified atom stereocenters. The van der Waals surface area contributed by atoms with E-state index in [1.165, 1.54) is 38.5 Å². The van der Waals surface area contributed by atoms with Crippen LogP contribution in [0.3, 0.4) is 0 Å². The first-order chi connectivity index (χ1) is 8.81. The van der Waals surface area contributed by atoms with E-state index in [4.69, 9.17) is 4.74 Å². The van der Waals surface area contributed by atoms with Crippen molar-refractivity contribution in [3.63, 3.8) is 0 Å². The van der Waals surface area contributed by atoms with Crippen LogP contribution in [0.25, 0.3) is 0 Å². The van der Waals surface area contributed by atoms with Gasteiger partial charge in [-0.1, -0.05) is 56.2 Å². The molecule has 0 aromatic heterocycles. The molecule has 1 N–H and O–H groups in total. The minimum Gasteiger partial charge on any atom is -0.375 e. The van der Waals surface area contributed by atoms with Crippen molar-refractivity contribution in [2.24, 2.45) is 0 Å². The molecule has 100 valence electrons. The highest BCUT2D eigenvalue weighted by Gasteiger charge is 2.36. The average molecular weight is 249 g/mol. The predicted molar refractivity (Wildman–Crippen MR) is 75.0 cm³/mol. The zero-order valence-corrected chi connectivity index (χ0v) is 11.4. The summed E-state index contributed by atoms with van der Waals surface area (Å²) in [6.07, 6.45) is 10.6. The summed E-state index contributed by atoms with van der Waals surface area (Å²) in [5.74, 6) is 4.14. The molecule has 0 atom stereocenters. The van der Waals surface area contributed by atoms with E-state index in [1.807, 2.05) is 0 Å². The number of rotatable bonds is 5. The Morgan fingerprint density at radius 3 is 2.44 bits per heavy atom. The van der Waals surface area contributed by atoms with Gasteiger partial charge in [-0.25, -0.2) is 0 Å². The Labute approximate surface area is 110 Å². The smallest absolute Gasteiger partial charge is 0.246 e. The molecule has 4 heteroatoms. The first-order valence-corrected chi connectivity index (χ1v) is 7.23. The summed E-state index contributed by atoms with van der Waals surface area (Å²) in [6.45, 7) is 1.56. The predicted octanol–water partition coefficient (Wildman–Crippen LogP) is 2.45. The number of hydrogen-bond acceptors (Lipinski definition) is 2. The van der Waals surface area contributed by atoms with Gasteiger partial charge >= 0.3 is 0 Å². The summed E-state index contributed by atoms with van der Waals surface area (Å²) < 4.78 is 4.78. The van der Waals surface area contributed by atoms with Gasteiger partial charge in [0.15, 0.2) is 6.71 Å². The number of hydrogen-bond donors (Lipinski definition) is 1. The molecule has 0 saturated carbocycles. The number of carbonyl (C=O) groups is 1. The number of ether oxygens (including phenoxy) is 1. The summed E-state index contributed by atoms with van der Waals surface area (Å²) in [4.78, 5) is 11.2. The zero-order chi connectivity index (χ0) is 12.8. The van der Waals surface area contributed by atoms with Crippen molar-refractivity contribution in [2.75, 3.05) is 20.3 Å². The molecular formula is C14H24BNO2. The lowest BCUT2D eigenvalue weighted by Crippen LogP contribution is -2.33. The topological polar surface area (TPSA) is 38.3 Å². The van der Waals surface area contributed by atoms with E-state index < -0.39 is 0 Å². The molecule has 0 aliphatic carbocycles. The Bertz CT molecular complexity index is 284. The van der Waals surface area contributed by atoms with Crippen molar-refractivity contribution >= 4 is 12.6 Å². The van der Waals surface area contributed by atoms with Gasteiger partial charge in [0.2, 0.25) is 5.91 Å². The monoisotopic (exact) mass is 249 g/mol. The summed E-state index contributed by atoms with van der Waals surface area (Å²) in [5.41, 5.74) is 0. The van der Waals surface area contributed by atoms with Gasteiger partial charge in [-0.15, -0.1) is 5.98 Å². The van der Waals surface area contributed by atoms with Gasteiger partial charge in [-0.05, 0) is 0 Å². The van der Waals surface area contributed by atoms with E-state index in [0.717, 1.165) is 18.3 Å². The molecule has 2 aliphatic heterocycles. The quantitative estimate of drug-likeness (QED) is 0.760. The number of carbonyl (C=O) groups excluding carboxylic acids is 1. The Balaban J connectivity index is 1.76. The molecule has 0 spiro atoms. The normalized spacial score (nSPS) is 27.5. The van der Waals surface area contributed by atoms with E-state index >= 15 is 0 Å². The number of amides is 1. The highest BCUT2D eigenvalue weighted by Crippen LogP contribution is 2.46. The summed E-state index contributed by atoms with van der Waals surface area (Å²) >= 11 is 0. The third-order valence-electron chi connectivity index (χ3n) is 4.44. The number of fused-ring (bicyclic) bond motifs is 2. The fourth-order valence-corrected chi connectivity index (χ4v) is 3.62. The first kappa shape index (κ1) is 13.7. The minimum absolute atomic E-state index is 0.0361. The summed E-state index contributed by atoms with van der Waals surface area (Å²) in [6, 6.07) is 0. The maximum absolute atomic E-state index is 11.2. The standard InChI is InChI=1S/C14H24BNO2/c1-18-11-14(17)16-10-4-9-15-12-5-2-6-13(15)8-3-7-12/h4,9,12-13H,2-3,5-8,10-11H2,1H3,(H,16,17). The fourth-order valence-electron chi connectivity index (χ4n) is 3.62. The number of nitrogens with one attached hydrogen (secondary N) is 1. The van der Waals surface area contributed by atoms with Crippen LogP contribution in [0, 0.1) is 0 Å². The minimum atomic E-state index is -0.0361. The molecule has 2 heterocycles. The van der Waals surface area contributed by atoms with Crippen LogP contribution < -0.4 is 5.32 Å². The van der Waals surface area contributed by atoms with Crippen LogP contribution in [-0.2, 0) is 9.53 Å². The van der Waals surface area contributed by atoms with Gasteiger partial charge in [0, 0.05) is 13.7 Å². The van der Waals surface area contributed by atoms with Crippen LogP contribution in [0.5, 0.6) is 0 Å². The molecule has 1 amide bonds. The third kappa shape index (κ3) is 3.61. The molecule has 0 radical (unpaired) electrons. The zero-order valence-electron chi connectivity index (χ0n) is 11.4. The van der Waals surface area contributed by atoms with E-state index in [1.54, 1.807) is 7.11 Å². The van der Waals surface area contributed by atoms with Crippen molar-refractivity contribution < 1.29 is 9.53 Å². The summed E-state index contributed by atoms with van der Waals surface area (Å²) in [7, 11) is 1.54. The Hall–Kier alpha value is -0.765. The second-order valence-electron chi connectivity index (χ2n) is 5.62. The lowest BCUT2D eigenvalue weighted by Gasteiger charge is -2.39. The van der Waals surface area contributed by atoms with Crippen molar-refractivity contribution in [3.8, 4) is 0 Å². The Morgan fingerprint density at radius 1 is 1.28 bits per heavy atom. The molecule has 2 fully saturated rings. The second-order valence-corrected chi connectivity index (χ2v) is 5.62. The van der Waals surface area contributed by atoms with Gasteiger partial charge in [0.25, 0.3) is 0 Å².